The second-order valence-electron chi connectivity index (χ2n) is 3.58. The van der Waals surface area contributed by atoms with Crippen molar-refractivity contribution in [2.45, 2.75) is 12.5 Å². The van der Waals surface area contributed by atoms with Gasteiger partial charge in [-0.3, -0.25) is 0 Å². The van der Waals surface area contributed by atoms with Gasteiger partial charge in [-0.1, -0.05) is 34.1 Å². The van der Waals surface area contributed by atoms with Crippen LogP contribution in [-0.2, 0) is 6.42 Å². The van der Waals surface area contributed by atoms with Gasteiger partial charge in [-0.2, -0.15) is 10.2 Å². The molecule has 2 N–H and O–H groups in total. The van der Waals surface area contributed by atoms with Gasteiger partial charge in [-0.25, -0.2) is 0 Å². The highest BCUT2D eigenvalue weighted by atomic mass is 79.9. The molecule has 2 aromatic rings. The summed E-state index contributed by atoms with van der Waals surface area (Å²) < 4.78 is 1.09. The Bertz CT molecular complexity index is 459. The lowest BCUT2D eigenvalue weighted by molar-refractivity contribution is 0.711. The largest absolute Gasteiger partial charge is 0.324 e. The molecule has 0 aliphatic rings. The first kappa shape index (κ1) is 11.2. The number of halogens is 1. The standard InChI is InChI=1S/C12H12BrN3/c13-11-4-2-1-3-9(11)7-12(14)10-5-6-15-16-8-10/h1-6,8,12H,7,14H2. The van der Waals surface area contributed by atoms with Crippen LogP contribution in [0.15, 0.2) is 47.2 Å². The third-order valence-electron chi connectivity index (χ3n) is 2.43. The Balaban J connectivity index is 2.14. The molecular formula is C12H12BrN3. The SMILES string of the molecule is NC(Cc1ccccc1Br)c1ccnnc1. The number of hydrogen-bond donors (Lipinski definition) is 1. The van der Waals surface area contributed by atoms with Crippen molar-refractivity contribution in [3.63, 3.8) is 0 Å². The Hall–Kier alpha value is -1.26. The van der Waals surface area contributed by atoms with Crippen molar-refractivity contribution in [3.05, 3.63) is 58.3 Å². The molecule has 0 spiro atoms. The van der Waals surface area contributed by atoms with E-state index in [0.29, 0.717) is 0 Å². The Labute approximate surface area is 103 Å². The highest BCUT2D eigenvalue weighted by Gasteiger charge is 2.08. The molecule has 0 saturated heterocycles. The van der Waals surface area contributed by atoms with E-state index in [2.05, 4.69) is 32.2 Å². The Morgan fingerprint density at radius 2 is 2.00 bits per heavy atom. The van der Waals surface area contributed by atoms with Gasteiger partial charge in [0.1, 0.15) is 0 Å². The molecule has 1 aromatic heterocycles. The van der Waals surface area contributed by atoms with Crippen molar-refractivity contribution < 1.29 is 0 Å². The Morgan fingerprint density at radius 3 is 2.69 bits per heavy atom. The quantitative estimate of drug-likeness (QED) is 0.938. The van der Waals surface area contributed by atoms with Gasteiger partial charge in [0.05, 0.1) is 6.20 Å². The van der Waals surface area contributed by atoms with E-state index in [-0.39, 0.29) is 6.04 Å². The molecule has 0 amide bonds. The van der Waals surface area contributed by atoms with E-state index < -0.39 is 0 Å². The van der Waals surface area contributed by atoms with E-state index in [0.717, 1.165) is 16.5 Å². The minimum Gasteiger partial charge on any atom is -0.324 e. The maximum Gasteiger partial charge on any atom is 0.0544 e. The van der Waals surface area contributed by atoms with Crippen molar-refractivity contribution in [2.75, 3.05) is 0 Å². The normalized spacial score (nSPS) is 12.4. The van der Waals surface area contributed by atoms with Gasteiger partial charge in [0.15, 0.2) is 0 Å². The molecular weight excluding hydrogens is 266 g/mol. The zero-order valence-corrected chi connectivity index (χ0v) is 10.3. The van der Waals surface area contributed by atoms with Gasteiger partial charge < -0.3 is 5.73 Å². The van der Waals surface area contributed by atoms with Crippen LogP contribution in [0.3, 0.4) is 0 Å². The van der Waals surface area contributed by atoms with Crippen molar-refractivity contribution in [1.82, 2.24) is 10.2 Å². The first-order valence-electron chi connectivity index (χ1n) is 5.03. The zero-order chi connectivity index (χ0) is 11.4. The molecule has 4 heteroatoms. The van der Waals surface area contributed by atoms with Gasteiger partial charge >= 0.3 is 0 Å². The van der Waals surface area contributed by atoms with E-state index in [4.69, 9.17) is 5.73 Å². The van der Waals surface area contributed by atoms with E-state index in [1.165, 1.54) is 5.56 Å². The van der Waals surface area contributed by atoms with Crippen LogP contribution in [0.4, 0.5) is 0 Å². The predicted molar refractivity (Wildman–Crippen MR) is 66.8 cm³/mol. The Morgan fingerprint density at radius 1 is 1.19 bits per heavy atom. The molecule has 1 heterocycles. The number of nitrogens with two attached hydrogens (primary N) is 1. The number of nitrogens with zero attached hydrogens (tertiary/aromatic N) is 2. The summed E-state index contributed by atoms with van der Waals surface area (Å²) in [5, 5.41) is 7.57. The number of aromatic nitrogens is 2. The van der Waals surface area contributed by atoms with Crippen molar-refractivity contribution in [3.8, 4) is 0 Å². The second kappa shape index (κ2) is 5.18. The summed E-state index contributed by atoms with van der Waals surface area (Å²) >= 11 is 3.51. The van der Waals surface area contributed by atoms with Crippen LogP contribution in [-0.4, -0.2) is 10.2 Å². The highest BCUT2D eigenvalue weighted by Crippen LogP contribution is 2.21. The second-order valence-corrected chi connectivity index (χ2v) is 4.43. The van der Waals surface area contributed by atoms with Gasteiger partial charge in [0, 0.05) is 16.7 Å². The fraction of sp³-hybridized carbons (Fsp3) is 0.167. The first-order chi connectivity index (χ1) is 7.77. The third-order valence-corrected chi connectivity index (χ3v) is 3.21. The summed E-state index contributed by atoms with van der Waals surface area (Å²) in [4.78, 5) is 0. The average Bonchev–Trinajstić information content (AvgIpc) is 2.33. The van der Waals surface area contributed by atoms with Crippen molar-refractivity contribution in [2.24, 2.45) is 5.73 Å². The van der Waals surface area contributed by atoms with Crippen LogP contribution in [0, 0.1) is 0 Å². The van der Waals surface area contributed by atoms with Gasteiger partial charge in [-0.05, 0) is 29.7 Å². The molecule has 16 heavy (non-hydrogen) atoms. The molecule has 0 saturated carbocycles. The van der Waals surface area contributed by atoms with Crippen molar-refractivity contribution in [1.29, 1.82) is 0 Å². The summed E-state index contributed by atoms with van der Waals surface area (Å²) in [5.74, 6) is 0. The summed E-state index contributed by atoms with van der Waals surface area (Å²) in [5.41, 5.74) is 8.31. The molecule has 0 aliphatic carbocycles. The van der Waals surface area contributed by atoms with E-state index in [1.54, 1.807) is 12.4 Å². The average molecular weight is 278 g/mol. The lowest BCUT2D eigenvalue weighted by Crippen LogP contribution is -2.14. The van der Waals surface area contributed by atoms with Crippen LogP contribution in [0.2, 0.25) is 0 Å². The minimum absolute atomic E-state index is 0.0470. The van der Waals surface area contributed by atoms with Gasteiger partial charge in [-0.15, -0.1) is 0 Å². The lowest BCUT2D eigenvalue weighted by Gasteiger charge is -2.12. The first-order valence-corrected chi connectivity index (χ1v) is 5.82. The molecule has 0 fully saturated rings. The molecule has 82 valence electrons. The molecule has 3 nitrogen and oxygen atoms in total. The summed E-state index contributed by atoms with van der Waals surface area (Å²) in [7, 11) is 0. The van der Waals surface area contributed by atoms with E-state index >= 15 is 0 Å². The summed E-state index contributed by atoms with van der Waals surface area (Å²) in [6.07, 6.45) is 4.16. The van der Waals surface area contributed by atoms with E-state index in [9.17, 15) is 0 Å². The molecule has 1 unspecified atom stereocenters. The van der Waals surface area contributed by atoms with Crippen LogP contribution < -0.4 is 5.73 Å². The van der Waals surface area contributed by atoms with Crippen LogP contribution >= 0.6 is 15.9 Å². The molecule has 0 aliphatic heterocycles. The lowest BCUT2D eigenvalue weighted by atomic mass is 10.0. The molecule has 1 aromatic carbocycles. The molecule has 0 radical (unpaired) electrons. The molecule has 0 bridgehead atoms. The number of benzene rings is 1. The van der Waals surface area contributed by atoms with E-state index in [1.807, 2.05) is 24.3 Å². The topological polar surface area (TPSA) is 51.8 Å². The minimum atomic E-state index is -0.0470. The highest BCUT2D eigenvalue weighted by molar-refractivity contribution is 9.10. The monoisotopic (exact) mass is 277 g/mol. The van der Waals surface area contributed by atoms with Gasteiger partial charge in [0.2, 0.25) is 0 Å². The zero-order valence-electron chi connectivity index (χ0n) is 8.68. The van der Waals surface area contributed by atoms with Crippen LogP contribution in [0.5, 0.6) is 0 Å². The Kier molecular flexibility index (Phi) is 3.64. The number of rotatable bonds is 3. The number of hydrogen-bond acceptors (Lipinski definition) is 3. The van der Waals surface area contributed by atoms with Crippen LogP contribution in [0.25, 0.3) is 0 Å². The fourth-order valence-electron chi connectivity index (χ4n) is 1.54. The summed E-state index contributed by atoms with van der Waals surface area (Å²) in [6, 6.07) is 9.94. The van der Waals surface area contributed by atoms with Crippen molar-refractivity contribution >= 4 is 15.9 Å². The fourth-order valence-corrected chi connectivity index (χ4v) is 1.99. The maximum atomic E-state index is 6.11. The third kappa shape index (κ3) is 2.65. The summed E-state index contributed by atoms with van der Waals surface area (Å²) in [6.45, 7) is 0. The smallest absolute Gasteiger partial charge is 0.0544 e. The maximum absolute atomic E-state index is 6.11. The molecule has 2 rings (SSSR count). The predicted octanol–water partition coefficient (Wildman–Crippen LogP) is 2.48. The van der Waals surface area contributed by atoms with Gasteiger partial charge in [0.25, 0.3) is 0 Å². The van der Waals surface area contributed by atoms with Crippen LogP contribution in [0.1, 0.15) is 17.2 Å². The molecule has 1 atom stereocenters.